The van der Waals surface area contributed by atoms with E-state index in [9.17, 15) is 9.18 Å². The van der Waals surface area contributed by atoms with Crippen LogP contribution in [0, 0.1) is 5.82 Å². The number of hydrogen-bond acceptors (Lipinski definition) is 5. The first-order chi connectivity index (χ1) is 14.1. The summed E-state index contributed by atoms with van der Waals surface area (Å²) in [5.74, 6) is 0.293. The maximum atomic E-state index is 14.6. The molecule has 150 valence electrons. The van der Waals surface area contributed by atoms with Crippen LogP contribution in [0.2, 0.25) is 0 Å². The number of hydrogen-bond donors (Lipinski definition) is 1. The monoisotopic (exact) mass is 394 g/mol. The van der Waals surface area contributed by atoms with Crippen LogP contribution in [0.4, 0.5) is 4.39 Å². The number of halogens is 1. The highest BCUT2D eigenvalue weighted by Crippen LogP contribution is 2.29. The van der Waals surface area contributed by atoms with E-state index in [-0.39, 0.29) is 24.2 Å². The summed E-state index contributed by atoms with van der Waals surface area (Å²) in [7, 11) is 1.69. The van der Waals surface area contributed by atoms with Gasteiger partial charge in [0.2, 0.25) is 0 Å². The van der Waals surface area contributed by atoms with Gasteiger partial charge in [-0.2, -0.15) is 0 Å². The Bertz CT molecular complexity index is 983. The molecular weight excluding hydrogens is 371 g/mol. The predicted molar refractivity (Wildman–Crippen MR) is 107 cm³/mol. The SMILES string of the molecule is CN(Cc1ccc(-c2cccnc2)c(F)c1)C(=O)c1ncoc1C1CCNCC1. The van der Waals surface area contributed by atoms with Crippen molar-refractivity contribution in [1.29, 1.82) is 0 Å². The number of carbonyl (C=O) groups excluding carboxylic acids is 1. The van der Waals surface area contributed by atoms with Crippen molar-refractivity contribution in [2.75, 3.05) is 20.1 Å². The highest BCUT2D eigenvalue weighted by Gasteiger charge is 2.27. The largest absolute Gasteiger partial charge is 0.447 e. The molecular formula is C22H23FN4O2. The second kappa shape index (κ2) is 8.53. The Kier molecular flexibility index (Phi) is 5.67. The Balaban J connectivity index is 1.48. The molecule has 0 atom stereocenters. The molecule has 2 aromatic heterocycles. The Morgan fingerprint density at radius 1 is 1.31 bits per heavy atom. The van der Waals surface area contributed by atoms with Crippen molar-refractivity contribution < 1.29 is 13.6 Å². The minimum atomic E-state index is -0.340. The summed E-state index contributed by atoms with van der Waals surface area (Å²) in [5.41, 5.74) is 2.26. The molecule has 1 aliphatic heterocycles. The minimum absolute atomic E-state index is 0.197. The topological polar surface area (TPSA) is 71.3 Å². The lowest BCUT2D eigenvalue weighted by Crippen LogP contribution is -2.30. The van der Waals surface area contributed by atoms with Gasteiger partial charge in [-0.1, -0.05) is 18.2 Å². The molecule has 1 N–H and O–H groups in total. The molecule has 1 saturated heterocycles. The third-order valence-electron chi connectivity index (χ3n) is 5.28. The first-order valence-electron chi connectivity index (χ1n) is 9.72. The van der Waals surface area contributed by atoms with Crippen LogP contribution in [0.1, 0.15) is 40.6 Å². The van der Waals surface area contributed by atoms with E-state index in [0.29, 0.717) is 22.6 Å². The van der Waals surface area contributed by atoms with Gasteiger partial charge >= 0.3 is 0 Å². The summed E-state index contributed by atoms with van der Waals surface area (Å²) in [6.07, 6.45) is 6.44. The third-order valence-corrected chi connectivity index (χ3v) is 5.28. The van der Waals surface area contributed by atoms with Gasteiger partial charge in [0.1, 0.15) is 11.6 Å². The number of pyridine rings is 1. The fraction of sp³-hybridized carbons (Fsp3) is 0.318. The van der Waals surface area contributed by atoms with Crippen molar-refractivity contribution in [3.8, 4) is 11.1 Å². The van der Waals surface area contributed by atoms with Crippen LogP contribution in [0.15, 0.2) is 53.5 Å². The van der Waals surface area contributed by atoms with Crippen LogP contribution in [0.5, 0.6) is 0 Å². The molecule has 1 fully saturated rings. The van der Waals surface area contributed by atoms with Gasteiger partial charge in [-0.3, -0.25) is 9.78 Å². The molecule has 1 aliphatic rings. The van der Waals surface area contributed by atoms with Crippen molar-refractivity contribution >= 4 is 5.91 Å². The van der Waals surface area contributed by atoms with Crippen LogP contribution >= 0.6 is 0 Å². The zero-order chi connectivity index (χ0) is 20.2. The van der Waals surface area contributed by atoms with Crippen LogP contribution in [-0.4, -0.2) is 40.9 Å². The first kappa shape index (κ1) is 19.3. The second-order valence-corrected chi connectivity index (χ2v) is 7.31. The van der Waals surface area contributed by atoms with E-state index in [1.807, 2.05) is 12.1 Å². The lowest BCUT2D eigenvalue weighted by molar-refractivity contribution is 0.0776. The maximum Gasteiger partial charge on any atom is 0.276 e. The van der Waals surface area contributed by atoms with E-state index in [1.54, 1.807) is 36.5 Å². The van der Waals surface area contributed by atoms with Gasteiger partial charge in [-0.25, -0.2) is 9.37 Å². The molecule has 0 saturated carbocycles. The van der Waals surface area contributed by atoms with E-state index in [4.69, 9.17) is 4.42 Å². The fourth-order valence-electron chi connectivity index (χ4n) is 3.73. The highest BCUT2D eigenvalue weighted by molar-refractivity contribution is 5.93. The standard InChI is InChI=1S/C22H23FN4O2/c1-27(22(28)20-21(29-14-26-20)16-6-9-24-10-7-16)13-15-4-5-18(19(23)11-15)17-3-2-8-25-12-17/h2-5,8,11-12,14,16,24H,6-7,9-10,13H2,1H3. The van der Waals surface area contributed by atoms with E-state index >= 15 is 0 Å². The summed E-state index contributed by atoms with van der Waals surface area (Å²) < 4.78 is 20.2. The van der Waals surface area contributed by atoms with E-state index in [1.165, 1.54) is 12.5 Å². The lowest BCUT2D eigenvalue weighted by atomic mass is 9.94. The summed E-state index contributed by atoms with van der Waals surface area (Å²) in [5, 5.41) is 3.31. The second-order valence-electron chi connectivity index (χ2n) is 7.31. The third kappa shape index (κ3) is 4.19. The number of aromatic nitrogens is 2. The van der Waals surface area contributed by atoms with Crippen LogP contribution in [0.3, 0.4) is 0 Å². The quantitative estimate of drug-likeness (QED) is 0.716. The number of amides is 1. The van der Waals surface area contributed by atoms with Crippen molar-refractivity contribution in [3.05, 3.63) is 72.0 Å². The molecule has 0 spiro atoms. The molecule has 7 heteroatoms. The Morgan fingerprint density at radius 2 is 2.14 bits per heavy atom. The number of nitrogens with zero attached hydrogens (tertiary/aromatic N) is 3. The molecule has 29 heavy (non-hydrogen) atoms. The summed E-state index contributed by atoms with van der Waals surface area (Å²) in [6, 6.07) is 8.59. The molecule has 0 bridgehead atoms. The zero-order valence-corrected chi connectivity index (χ0v) is 16.3. The van der Waals surface area contributed by atoms with Gasteiger partial charge in [0.15, 0.2) is 12.1 Å². The van der Waals surface area contributed by atoms with Crippen molar-refractivity contribution in [2.24, 2.45) is 0 Å². The van der Waals surface area contributed by atoms with Crippen molar-refractivity contribution in [3.63, 3.8) is 0 Å². The summed E-state index contributed by atoms with van der Waals surface area (Å²) in [4.78, 5) is 22.7. The van der Waals surface area contributed by atoms with E-state index in [0.717, 1.165) is 31.5 Å². The first-order valence-corrected chi connectivity index (χ1v) is 9.72. The number of piperidine rings is 1. The minimum Gasteiger partial charge on any atom is -0.447 e. The van der Waals surface area contributed by atoms with E-state index in [2.05, 4.69) is 15.3 Å². The fourth-order valence-corrected chi connectivity index (χ4v) is 3.73. The summed E-state index contributed by atoms with van der Waals surface area (Å²) in [6.45, 7) is 2.08. The predicted octanol–water partition coefficient (Wildman–Crippen LogP) is 3.61. The van der Waals surface area contributed by atoms with Gasteiger partial charge in [0.25, 0.3) is 5.91 Å². The molecule has 3 aromatic rings. The molecule has 1 aromatic carbocycles. The lowest BCUT2D eigenvalue weighted by Gasteiger charge is -2.22. The zero-order valence-electron chi connectivity index (χ0n) is 16.3. The van der Waals surface area contributed by atoms with Gasteiger partial charge in [-0.05, 0) is 43.6 Å². The molecule has 3 heterocycles. The van der Waals surface area contributed by atoms with Crippen LogP contribution < -0.4 is 5.32 Å². The molecule has 6 nitrogen and oxygen atoms in total. The number of carbonyl (C=O) groups is 1. The van der Waals surface area contributed by atoms with Gasteiger partial charge in [0, 0.05) is 43.0 Å². The van der Waals surface area contributed by atoms with Gasteiger partial charge in [0.05, 0.1) is 0 Å². The average Bonchev–Trinajstić information content (AvgIpc) is 3.24. The number of benzene rings is 1. The molecule has 0 radical (unpaired) electrons. The smallest absolute Gasteiger partial charge is 0.276 e. The van der Waals surface area contributed by atoms with Crippen LogP contribution in [-0.2, 0) is 6.54 Å². The summed E-state index contributed by atoms with van der Waals surface area (Å²) >= 11 is 0. The number of nitrogens with one attached hydrogen (secondary N) is 1. The molecule has 0 unspecified atom stereocenters. The average molecular weight is 394 g/mol. The molecule has 1 amide bonds. The molecule has 0 aliphatic carbocycles. The van der Waals surface area contributed by atoms with Crippen LogP contribution in [0.25, 0.3) is 11.1 Å². The van der Waals surface area contributed by atoms with Crippen molar-refractivity contribution in [1.82, 2.24) is 20.2 Å². The normalized spacial score (nSPS) is 14.7. The van der Waals surface area contributed by atoms with E-state index < -0.39 is 0 Å². The van der Waals surface area contributed by atoms with Gasteiger partial charge in [-0.15, -0.1) is 0 Å². The Hall–Kier alpha value is -3.06. The maximum absolute atomic E-state index is 14.6. The Morgan fingerprint density at radius 3 is 2.86 bits per heavy atom. The number of rotatable bonds is 5. The van der Waals surface area contributed by atoms with Gasteiger partial charge < -0.3 is 14.6 Å². The molecule has 4 rings (SSSR count). The Labute approximate surface area is 168 Å². The number of oxazole rings is 1. The van der Waals surface area contributed by atoms with Crippen molar-refractivity contribution in [2.45, 2.75) is 25.3 Å². The highest BCUT2D eigenvalue weighted by atomic mass is 19.1.